The molecule has 0 bridgehead atoms. The quantitative estimate of drug-likeness (QED) is 0.747. The highest BCUT2D eigenvalue weighted by molar-refractivity contribution is 5.79. The van der Waals surface area contributed by atoms with E-state index in [1.807, 2.05) is 12.1 Å². The first-order chi connectivity index (χ1) is 12.2. The lowest BCUT2D eigenvalue weighted by molar-refractivity contribution is -0.120. The van der Waals surface area contributed by atoms with E-state index < -0.39 is 0 Å². The summed E-state index contributed by atoms with van der Waals surface area (Å²) in [4.78, 5) is 19.5. The van der Waals surface area contributed by atoms with Gasteiger partial charge in [-0.2, -0.15) is 0 Å². The summed E-state index contributed by atoms with van der Waals surface area (Å²) in [5, 5.41) is 2.86. The topological polar surface area (TPSA) is 76.2 Å². The molecular formula is C18H16FN3O3. The molecule has 25 heavy (non-hydrogen) atoms. The number of ether oxygens (including phenoxy) is 2. The second-order valence-corrected chi connectivity index (χ2v) is 5.81. The van der Waals surface area contributed by atoms with Gasteiger partial charge in [0.25, 0.3) is 0 Å². The van der Waals surface area contributed by atoms with Crippen molar-refractivity contribution in [3.8, 4) is 11.5 Å². The van der Waals surface area contributed by atoms with E-state index in [2.05, 4.69) is 15.3 Å². The molecule has 1 aliphatic heterocycles. The Morgan fingerprint density at radius 3 is 3.00 bits per heavy atom. The van der Waals surface area contributed by atoms with Gasteiger partial charge < -0.3 is 19.8 Å². The summed E-state index contributed by atoms with van der Waals surface area (Å²) in [6.07, 6.45) is 0.811. The van der Waals surface area contributed by atoms with Crippen LogP contribution in [0.25, 0.3) is 11.0 Å². The second-order valence-electron chi connectivity index (χ2n) is 5.81. The van der Waals surface area contributed by atoms with Crippen LogP contribution in [0.1, 0.15) is 11.4 Å². The fourth-order valence-electron chi connectivity index (χ4n) is 2.77. The van der Waals surface area contributed by atoms with E-state index in [0.29, 0.717) is 41.3 Å². The monoisotopic (exact) mass is 341 g/mol. The molecule has 6 nitrogen and oxygen atoms in total. The Bertz CT molecular complexity index is 938. The number of H-pyrrole nitrogens is 1. The van der Waals surface area contributed by atoms with Crippen LogP contribution in [-0.2, 0) is 17.6 Å². The molecule has 0 radical (unpaired) electrons. The third kappa shape index (κ3) is 3.40. The van der Waals surface area contributed by atoms with Crippen molar-refractivity contribution in [2.45, 2.75) is 12.8 Å². The minimum atomic E-state index is -0.306. The van der Waals surface area contributed by atoms with E-state index in [1.165, 1.54) is 12.1 Å². The number of halogens is 1. The third-order valence-electron chi connectivity index (χ3n) is 3.98. The number of aromatic nitrogens is 2. The number of aromatic amines is 1. The average molecular weight is 341 g/mol. The normalized spacial score (nSPS) is 12.5. The highest BCUT2D eigenvalue weighted by Crippen LogP contribution is 2.32. The first-order valence-corrected chi connectivity index (χ1v) is 7.97. The van der Waals surface area contributed by atoms with Crippen molar-refractivity contribution in [3.05, 3.63) is 53.6 Å². The van der Waals surface area contributed by atoms with Crippen molar-refractivity contribution in [2.75, 3.05) is 13.3 Å². The van der Waals surface area contributed by atoms with Gasteiger partial charge in [-0.3, -0.25) is 4.79 Å². The number of benzene rings is 2. The van der Waals surface area contributed by atoms with Crippen molar-refractivity contribution >= 4 is 16.9 Å². The van der Waals surface area contributed by atoms with Crippen molar-refractivity contribution in [1.82, 2.24) is 15.3 Å². The van der Waals surface area contributed by atoms with Crippen LogP contribution in [-0.4, -0.2) is 29.2 Å². The second kappa shape index (κ2) is 6.43. The van der Waals surface area contributed by atoms with Crippen molar-refractivity contribution < 1.29 is 18.7 Å². The maximum Gasteiger partial charge on any atom is 0.231 e. The highest BCUT2D eigenvalue weighted by atomic mass is 19.1. The predicted octanol–water partition coefficient (Wildman–Crippen LogP) is 2.33. The van der Waals surface area contributed by atoms with E-state index in [9.17, 15) is 9.18 Å². The smallest absolute Gasteiger partial charge is 0.231 e. The van der Waals surface area contributed by atoms with Crippen LogP contribution in [0.3, 0.4) is 0 Å². The molecule has 3 aromatic rings. The maximum absolute atomic E-state index is 13.2. The molecule has 0 atom stereocenters. The van der Waals surface area contributed by atoms with Gasteiger partial charge in [0.2, 0.25) is 12.7 Å². The number of carbonyl (C=O) groups excluding carboxylic acids is 1. The minimum Gasteiger partial charge on any atom is -0.454 e. The Balaban J connectivity index is 1.31. The molecule has 7 heteroatoms. The summed E-state index contributed by atoms with van der Waals surface area (Å²) in [7, 11) is 0. The zero-order valence-corrected chi connectivity index (χ0v) is 13.3. The van der Waals surface area contributed by atoms with Gasteiger partial charge in [0, 0.05) is 13.0 Å². The van der Waals surface area contributed by atoms with Gasteiger partial charge in [-0.05, 0) is 35.9 Å². The number of fused-ring (bicyclic) bond motifs is 2. The average Bonchev–Trinajstić information content (AvgIpc) is 3.20. The van der Waals surface area contributed by atoms with E-state index >= 15 is 0 Å². The lowest BCUT2D eigenvalue weighted by atomic mass is 10.1. The number of hydrogen-bond donors (Lipinski definition) is 2. The van der Waals surface area contributed by atoms with Gasteiger partial charge in [-0.1, -0.05) is 6.07 Å². The van der Waals surface area contributed by atoms with Crippen LogP contribution in [0.4, 0.5) is 4.39 Å². The molecule has 0 saturated heterocycles. The lowest BCUT2D eigenvalue weighted by Gasteiger charge is -2.05. The SMILES string of the molecule is O=C(Cc1ccc2c(c1)OCO2)NCCc1nc2ccc(F)cc2[nH]1. The van der Waals surface area contributed by atoms with Crippen molar-refractivity contribution in [1.29, 1.82) is 0 Å². The van der Waals surface area contributed by atoms with Crippen LogP contribution < -0.4 is 14.8 Å². The zero-order valence-electron chi connectivity index (χ0n) is 13.3. The molecule has 1 aliphatic rings. The fourth-order valence-corrected chi connectivity index (χ4v) is 2.77. The van der Waals surface area contributed by atoms with Crippen LogP contribution >= 0.6 is 0 Å². The van der Waals surface area contributed by atoms with E-state index in [4.69, 9.17) is 9.47 Å². The first-order valence-electron chi connectivity index (χ1n) is 7.97. The minimum absolute atomic E-state index is 0.0824. The number of hydrogen-bond acceptors (Lipinski definition) is 4. The van der Waals surface area contributed by atoms with Crippen molar-refractivity contribution in [3.63, 3.8) is 0 Å². The van der Waals surface area contributed by atoms with Crippen molar-refractivity contribution in [2.24, 2.45) is 0 Å². The molecule has 0 unspecified atom stereocenters. The summed E-state index contributed by atoms with van der Waals surface area (Å²) < 4.78 is 23.7. The predicted molar refractivity (Wildman–Crippen MR) is 89.0 cm³/mol. The summed E-state index contributed by atoms with van der Waals surface area (Å²) >= 11 is 0. The number of amides is 1. The molecule has 1 amide bonds. The Hall–Kier alpha value is -3.09. The Labute approximate surface area is 143 Å². The zero-order chi connectivity index (χ0) is 17.2. The molecular weight excluding hydrogens is 325 g/mol. The molecule has 0 fully saturated rings. The highest BCUT2D eigenvalue weighted by Gasteiger charge is 2.14. The van der Waals surface area contributed by atoms with Gasteiger partial charge in [0.05, 0.1) is 17.5 Å². The van der Waals surface area contributed by atoms with Crippen LogP contribution in [0, 0.1) is 5.82 Å². The molecule has 2 N–H and O–H groups in total. The van der Waals surface area contributed by atoms with E-state index in [1.54, 1.807) is 12.1 Å². The molecule has 128 valence electrons. The summed E-state index contributed by atoms with van der Waals surface area (Å²) in [5.74, 6) is 1.69. The van der Waals surface area contributed by atoms with Crippen LogP contribution in [0.15, 0.2) is 36.4 Å². The van der Waals surface area contributed by atoms with E-state index in [0.717, 1.165) is 5.56 Å². The third-order valence-corrected chi connectivity index (χ3v) is 3.98. The number of nitrogens with one attached hydrogen (secondary N) is 2. The van der Waals surface area contributed by atoms with Gasteiger partial charge in [-0.15, -0.1) is 0 Å². The number of carbonyl (C=O) groups is 1. The molecule has 2 heterocycles. The molecule has 1 aromatic heterocycles. The summed E-state index contributed by atoms with van der Waals surface area (Å²) in [5.41, 5.74) is 2.23. The number of imidazole rings is 1. The molecule has 2 aromatic carbocycles. The number of nitrogens with zero attached hydrogens (tertiary/aromatic N) is 1. The van der Waals surface area contributed by atoms with Crippen LogP contribution in [0.5, 0.6) is 11.5 Å². The number of rotatable bonds is 5. The molecule has 0 saturated carbocycles. The maximum atomic E-state index is 13.2. The van der Waals surface area contributed by atoms with Crippen LogP contribution in [0.2, 0.25) is 0 Å². The first kappa shape index (κ1) is 15.4. The molecule has 0 aliphatic carbocycles. The van der Waals surface area contributed by atoms with Gasteiger partial charge in [0.1, 0.15) is 11.6 Å². The molecule has 4 rings (SSSR count). The van der Waals surface area contributed by atoms with Gasteiger partial charge >= 0.3 is 0 Å². The summed E-state index contributed by atoms with van der Waals surface area (Å²) in [6.45, 7) is 0.665. The Kier molecular flexibility index (Phi) is 3.97. The Morgan fingerprint density at radius 2 is 2.08 bits per heavy atom. The molecule has 0 spiro atoms. The largest absolute Gasteiger partial charge is 0.454 e. The van der Waals surface area contributed by atoms with E-state index in [-0.39, 0.29) is 24.9 Å². The standard InChI is InChI=1S/C18H16FN3O3/c19-12-2-3-13-14(9-12)22-17(21-13)5-6-20-18(23)8-11-1-4-15-16(7-11)25-10-24-15/h1-4,7,9H,5-6,8,10H2,(H,20,23)(H,21,22). The lowest BCUT2D eigenvalue weighted by Crippen LogP contribution is -2.27. The van der Waals surface area contributed by atoms with Gasteiger partial charge in [0.15, 0.2) is 11.5 Å². The fraction of sp³-hybridized carbons (Fsp3) is 0.222. The summed E-state index contributed by atoms with van der Waals surface area (Å²) in [6, 6.07) is 9.88. The Morgan fingerprint density at radius 1 is 1.20 bits per heavy atom. The van der Waals surface area contributed by atoms with Gasteiger partial charge in [-0.25, -0.2) is 9.37 Å².